The number of amides is 3. The number of rotatable bonds is 5. The van der Waals surface area contributed by atoms with Crippen LogP contribution in [0, 0.1) is 17.8 Å². The van der Waals surface area contributed by atoms with Crippen molar-refractivity contribution >= 4 is 40.8 Å². The highest BCUT2D eigenvalue weighted by atomic mass is 35.5. The van der Waals surface area contributed by atoms with Crippen LogP contribution in [0.3, 0.4) is 0 Å². The third-order valence-electron chi connectivity index (χ3n) is 5.77. The van der Waals surface area contributed by atoms with Crippen molar-refractivity contribution in [3.63, 3.8) is 0 Å². The van der Waals surface area contributed by atoms with Gasteiger partial charge in [-0.2, -0.15) is 0 Å². The molecule has 31 heavy (non-hydrogen) atoms. The Hall–Kier alpha value is -2.24. The van der Waals surface area contributed by atoms with Gasteiger partial charge in [-0.05, 0) is 73.1 Å². The molecule has 3 unspecified atom stereocenters. The summed E-state index contributed by atoms with van der Waals surface area (Å²) in [5.41, 5.74) is 0.805. The normalized spacial score (nSPS) is 20.9. The van der Waals surface area contributed by atoms with Crippen molar-refractivity contribution in [2.75, 3.05) is 5.32 Å². The fourth-order valence-corrected chi connectivity index (χ4v) is 4.31. The van der Waals surface area contributed by atoms with E-state index in [1.54, 1.807) is 12.1 Å². The maximum absolute atomic E-state index is 12.2. The van der Waals surface area contributed by atoms with Crippen molar-refractivity contribution in [3.8, 4) is 5.75 Å². The zero-order valence-electron chi connectivity index (χ0n) is 18.0. The molecule has 1 aliphatic carbocycles. The molecule has 1 fully saturated rings. The van der Waals surface area contributed by atoms with Crippen LogP contribution in [0.4, 0.5) is 10.5 Å². The number of urea groups is 1. The fourth-order valence-electron chi connectivity index (χ4n) is 4.02. The summed E-state index contributed by atoms with van der Waals surface area (Å²) in [4.78, 5) is 24.4. The molecule has 0 aliphatic heterocycles. The minimum absolute atomic E-state index is 0.203. The Balaban J connectivity index is 1.56. The first-order valence-electron chi connectivity index (χ1n) is 10.6. The molecule has 3 rings (SSSR count). The van der Waals surface area contributed by atoms with E-state index in [1.165, 1.54) is 31.0 Å². The van der Waals surface area contributed by atoms with Crippen LogP contribution in [-0.2, 0) is 0 Å². The van der Waals surface area contributed by atoms with E-state index in [0.717, 1.165) is 12.2 Å². The van der Waals surface area contributed by atoms with Crippen LogP contribution in [0.15, 0.2) is 42.5 Å². The lowest BCUT2D eigenvalue weighted by molar-refractivity contribution is 0.0460. The molecule has 0 heterocycles. The summed E-state index contributed by atoms with van der Waals surface area (Å²) in [7, 11) is 0. The molecule has 2 aromatic rings. The second-order valence-electron chi connectivity index (χ2n) is 8.54. The van der Waals surface area contributed by atoms with E-state index in [9.17, 15) is 9.59 Å². The lowest BCUT2D eigenvalue weighted by atomic mass is 9.75. The third kappa shape index (κ3) is 6.37. The van der Waals surface area contributed by atoms with E-state index in [2.05, 4.69) is 31.4 Å². The van der Waals surface area contributed by atoms with Gasteiger partial charge in [0.25, 0.3) is 5.91 Å². The van der Waals surface area contributed by atoms with Crippen molar-refractivity contribution in [1.29, 1.82) is 0 Å². The lowest BCUT2D eigenvalue weighted by Gasteiger charge is -2.37. The molecule has 0 spiro atoms. The summed E-state index contributed by atoms with van der Waals surface area (Å²) < 4.78 is 6.30. The van der Waals surface area contributed by atoms with Crippen molar-refractivity contribution < 1.29 is 14.3 Å². The molecule has 7 heteroatoms. The van der Waals surface area contributed by atoms with Crippen molar-refractivity contribution in [1.82, 2.24) is 5.32 Å². The van der Waals surface area contributed by atoms with Gasteiger partial charge in [0.05, 0.1) is 10.0 Å². The van der Waals surface area contributed by atoms with Crippen LogP contribution < -0.4 is 15.4 Å². The number of carbonyl (C=O) groups is 2. The maximum Gasteiger partial charge on any atom is 0.326 e. The average Bonchev–Trinajstić information content (AvgIpc) is 2.71. The van der Waals surface area contributed by atoms with Crippen molar-refractivity contribution in [2.45, 2.75) is 46.1 Å². The number of nitrogens with one attached hydrogen (secondary N) is 2. The van der Waals surface area contributed by atoms with Gasteiger partial charge in [-0.3, -0.25) is 10.1 Å². The Bertz CT molecular complexity index is 931. The van der Waals surface area contributed by atoms with Crippen LogP contribution >= 0.6 is 23.2 Å². The first-order chi connectivity index (χ1) is 14.7. The summed E-state index contributed by atoms with van der Waals surface area (Å²) >= 11 is 11.8. The molecule has 166 valence electrons. The summed E-state index contributed by atoms with van der Waals surface area (Å²) in [6.45, 7) is 6.78. The quantitative estimate of drug-likeness (QED) is 0.513. The largest absolute Gasteiger partial charge is 0.490 e. The zero-order valence-corrected chi connectivity index (χ0v) is 19.5. The molecular formula is C24H28Cl2N2O3. The predicted molar refractivity (Wildman–Crippen MR) is 125 cm³/mol. The van der Waals surface area contributed by atoms with E-state index in [4.69, 9.17) is 27.9 Å². The lowest BCUT2D eigenvalue weighted by Crippen LogP contribution is -2.36. The third-order valence-corrected chi connectivity index (χ3v) is 6.51. The van der Waals surface area contributed by atoms with Gasteiger partial charge >= 0.3 is 6.03 Å². The molecule has 0 aromatic heterocycles. The molecule has 5 nitrogen and oxygen atoms in total. The first kappa shape index (κ1) is 23.4. The highest BCUT2D eigenvalue weighted by Gasteiger charge is 2.32. The number of hydrogen-bond acceptors (Lipinski definition) is 3. The van der Waals surface area contributed by atoms with Gasteiger partial charge in [-0.1, -0.05) is 50.4 Å². The molecule has 0 saturated heterocycles. The van der Waals surface area contributed by atoms with Gasteiger partial charge in [0, 0.05) is 11.3 Å². The number of imide groups is 1. The van der Waals surface area contributed by atoms with Gasteiger partial charge in [0.2, 0.25) is 0 Å². The second-order valence-corrected chi connectivity index (χ2v) is 9.36. The molecular weight excluding hydrogens is 435 g/mol. The topological polar surface area (TPSA) is 67.4 Å². The number of halogens is 2. The van der Waals surface area contributed by atoms with E-state index >= 15 is 0 Å². The summed E-state index contributed by atoms with van der Waals surface area (Å²) in [6, 6.07) is 11.0. The summed E-state index contributed by atoms with van der Waals surface area (Å²) in [6.07, 6.45) is 3.70. The van der Waals surface area contributed by atoms with E-state index in [0.29, 0.717) is 28.5 Å². The highest BCUT2D eigenvalue weighted by molar-refractivity contribution is 6.42. The van der Waals surface area contributed by atoms with Crippen LogP contribution in [-0.4, -0.2) is 18.0 Å². The molecule has 1 aliphatic rings. The minimum atomic E-state index is -0.634. The monoisotopic (exact) mass is 462 g/mol. The van der Waals surface area contributed by atoms with E-state index in [1.807, 2.05) is 12.1 Å². The Kier molecular flexibility index (Phi) is 7.84. The molecule has 0 bridgehead atoms. The number of ether oxygens (including phenoxy) is 1. The first-order valence-corrected chi connectivity index (χ1v) is 11.3. The average molecular weight is 463 g/mol. The van der Waals surface area contributed by atoms with Crippen LogP contribution in [0.25, 0.3) is 0 Å². The Labute approximate surface area is 193 Å². The van der Waals surface area contributed by atoms with Gasteiger partial charge < -0.3 is 10.1 Å². The minimum Gasteiger partial charge on any atom is -0.490 e. The van der Waals surface area contributed by atoms with Crippen LogP contribution in [0.5, 0.6) is 5.75 Å². The van der Waals surface area contributed by atoms with E-state index in [-0.39, 0.29) is 16.7 Å². The van der Waals surface area contributed by atoms with E-state index < -0.39 is 11.9 Å². The molecule has 3 amide bonds. The molecule has 2 aromatic carbocycles. The maximum atomic E-state index is 12.2. The van der Waals surface area contributed by atoms with Gasteiger partial charge in [-0.15, -0.1) is 0 Å². The zero-order chi connectivity index (χ0) is 22.5. The van der Waals surface area contributed by atoms with Gasteiger partial charge in [0.15, 0.2) is 0 Å². The summed E-state index contributed by atoms with van der Waals surface area (Å²) in [5.74, 6) is 2.00. The fraction of sp³-hybridized carbons (Fsp3) is 0.417. The molecule has 0 radical (unpaired) electrons. The van der Waals surface area contributed by atoms with Gasteiger partial charge in [0.1, 0.15) is 11.9 Å². The smallest absolute Gasteiger partial charge is 0.326 e. The Morgan fingerprint density at radius 3 is 2.39 bits per heavy atom. The molecule has 1 saturated carbocycles. The van der Waals surface area contributed by atoms with Gasteiger partial charge in [-0.25, -0.2) is 4.79 Å². The highest BCUT2D eigenvalue weighted by Crippen LogP contribution is 2.36. The van der Waals surface area contributed by atoms with Crippen LogP contribution in [0.2, 0.25) is 10.0 Å². The SMILES string of the molecule is CC1CCC(C(C)C)C(Oc2ccc(NC(=O)NC(=O)c3ccc(Cl)c(Cl)c3)cc2)C1. The van der Waals surface area contributed by atoms with Crippen molar-refractivity contribution in [3.05, 3.63) is 58.1 Å². The van der Waals surface area contributed by atoms with Crippen LogP contribution in [0.1, 0.15) is 50.4 Å². The number of anilines is 1. The number of benzene rings is 2. The van der Waals surface area contributed by atoms with Crippen molar-refractivity contribution in [2.24, 2.45) is 17.8 Å². The summed E-state index contributed by atoms with van der Waals surface area (Å²) in [5, 5.41) is 5.51. The standard InChI is InChI=1S/C24H28Cl2N2O3/c1-14(2)19-10-4-15(3)12-22(19)31-18-8-6-17(7-9-18)27-24(30)28-23(29)16-5-11-20(25)21(26)13-16/h5-9,11,13-15,19,22H,4,10,12H2,1-3H3,(H2,27,28,29,30). The molecule has 3 atom stereocenters. The predicted octanol–water partition coefficient (Wildman–Crippen LogP) is 6.79. The Morgan fingerprint density at radius 1 is 1.03 bits per heavy atom. The second kappa shape index (κ2) is 10.4. The number of carbonyl (C=O) groups excluding carboxylic acids is 2. The number of hydrogen-bond donors (Lipinski definition) is 2. The molecule has 2 N–H and O–H groups in total. The Morgan fingerprint density at radius 2 is 1.74 bits per heavy atom.